The third-order valence-electron chi connectivity index (χ3n) is 3.74. The second kappa shape index (κ2) is 4.35. The van der Waals surface area contributed by atoms with Crippen molar-refractivity contribution >= 4 is 11.0 Å². The number of nitrogens with one attached hydrogen (secondary N) is 1. The van der Waals surface area contributed by atoms with Crippen LogP contribution < -0.4 is 0 Å². The van der Waals surface area contributed by atoms with Crippen LogP contribution in [0.5, 0.6) is 0 Å². The fraction of sp³-hybridized carbons (Fsp3) is 0.500. The Kier molecular flexibility index (Phi) is 2.82. The van der Waals surface area contributed by atoms with E-state index >= 15 is 0 Å². The van der Waals surface area contributed by atoms with Gasteiger partial charge in [-0.05, 0) is 44.5 Å². The number of halogens is 1. The zero-order valence-electron chi connectivity index (χ0n) is 10.9. The molecule has 1 aromatic heterocycles. The Labute approximate surface area is 106 Å². The first-order valence-corrected chi connectivity index (χ1v) is 6.58. The molecule has 0 amide bonds. The van der Waals surface area contributed by atoms with E-state index in [1.165, 1.54) is 6.42 Å². The van der Waals surface area contributed by atoms with Gasteiger partial charge < -0.3 is 4.98 Å². The van der Waals surface area contributed by atoms with E-state index < -0.39 is 0 Å². The molecule has 2 heterocycles. The summed E-state index contributed by atoms with van der Waals surface area (Å²) in [6.45, 7) is 7.02. The summed E-state index contributed by atoms with van der Waals surface area (Å²) in [5.74, 6) is 0.828. The normalized spacial score (nSPS) is 16.2. The van der Waals surface area contributed by atoms with Gasteiger partial charge in [0, 0.05) is 5.56 Å². The van der Waals surface area contributed by atoms with Gasteiger partial charge in [0.1, 0.15) is 11.6 Å². The van der Waals surface area contributed by atoms with Gasteiger partial charge >= 0.3 is 0 Å². The molecule has 96 valence electrons. The first kappa shape index (κ1) is 11.7. The lowest BCUT2D eigenvalue weighted by Crippen LogP contribution is -2.36. The standard InChI is InChI=1S/C14H18FN3/c1-3-10-11(15)7-9(2)13-14(10)17-12(16-13)8-18-5-4-6-18/h7H,3-6,8H2,1-2H3,(H,16,17). The highest BCUT2D eigenvalue weighted by Crippen LogP contribution is 2.24. The quantitative estimate of drug-likeness (QED) is 0.904. The molecule has 1 N–H and O–H groups in total. The minimum atomic E-state index is -0.123. The summed E-state index contributed by atoms with van der Waals surface area (Å²) in [4.78, 5) is 10.3. The first-order valence-electron chi connectivity index (χ1n) is 6.58. The molecule has 0 saturated carbocycles. The Morgan fingerprint density at radius 3 is 2.83 bits per heavy atom. The van der Waals surface area contributed by atoms with Gasteiger partial charge in [-0.15, -0.1) is 0 Å². The smallest absolute Gasteiger partial charge is 0.128 e. The molecule has 1 aromatic carbocycles. The second-order valence-electron chi connectivity index (χ2n) is 5.04. The van der Waals surface area contributed by atoms with Crippen LogP contribution in [0.4, 0.5) is 4.39 Å². The van der Waals surface area contributed by atoms with E-state index in [0.29, 0.717) is 6.42 Å². The molecule has 1 aliphatic rings. The van der Waals surface area contributed by atoms with Crippen molar-refractivity contribution < 1.29 is 4.39 Å². The molecule has 0 aliphatic carbocycles. The summed E-state index contributed by atoms with van der Waals surface area (Å²) in [6.07, 6.45) is 1.96. The second-order valence-corrected chi connectivity index (χ2v) is 5.04. The lowest BCUT2D eigenvalue weighted by molar-refractivity contribution is 0.169. The minimum absolute atomic E-state index is 0.123. The van der Waals surface area contributed by atoms with Crippen molar-refractivity contribution in [2.45, 2.75) is 33.2 Å². The van der Waals surface area contributed by atoms with Gasteiger partial charge in [0.05, 0.1) is 17.6 Å². The van der Waals surface area contributed by atoms with Crippen molar-refractivity contribution in [2.24, 2.45) is 0 Å². The number of hydrogen-bond acceptors (Lipinski definition) is 2. The minimum Gasteiger partial charge on any atom is -0.341 e. The highest BCUT2D eigenvalue weighted by Gasteiger charge is 2.18. The van der Waals surface area contributed by atoms with Gasteiger partial charge in [-0.25, -0.2) is 9.37 Å². The van der Waals surface area contributed by atoms with Gasteiger partial charge in [0.25, 0.3) is 0 Å². The van der Waals surface area contributed by atoms with Crippen LogP contribution in [0.15, 0.2) is 6.07 Å². The summed E-state index contributed by atoms with van der Waals surface area (Å²) < 4.78 is 13.9. The number of nitrogens with zero attached hydrogens (tertiary/aromatic N) is 2. The summed E-state index contributed by atoms with van der Waals surface area (Å²) in [7, 11) is 0. The summed E-state index contributed by atoms with van der Waals surface area (Å²) >= 11 is 0. The lowest BCUT2D eigenvalue weighted by atomic mass is 10.1. The average molecular weight is 247 g/mol. The molecule has 4 heteroatoms. The van der Waals surface area contributed by atoms with Crippen LogP contribution in [0, 0.1) is 12.7 Å². The van der Waals surface area contributed by atoms with E-state index in [4.69, 9.17) is 0 Å². The van der Waals surface area contributed by atoms with E-state index in [0.717, 1.165) is 47.6 Å². The van der Waals surface area contributed by atoms with Crippen molar-refractivity contribution in [2.75, 3.05) is 13.1 Å². The number of aromatic amines is 1. The van der Waals surface area contributed by atoms with E-state index in [-0.39, 0.29) is 5.82 Å². The number of aromatic nitrogens is 2. The Morgan fingerprint density at radius 1 is 1.44 bits per heavy atom. The van der Waals surface area contributed by atoms with Gasteiger partial charge in [-0.1, -0.05) is 6.92 Å². The molecular formula is C14H18FN3. The van der Waals surface area contributed by atoms with Crippen molar-refractivity contribution in [1.82, 2.24) is 14.9 Å². The molecule has 1 fully saturated rings. The molecule has 0 radical (unpaired) electrons. The molecule has 1 saturated heterocycles. The zero-order chi connectivity index (χ0) is 12.7. The number of aryl methyl sites for hydroxylation is 2. The SMILES string of the molecule is CCc1c(F)cc(C)c2nc(CN3CCC3)[nH]c12. The molecule has 0 atom stereocenters. The highest BCUT2D eigenvalue weighted by molar-refractivity contribution is 5.82. The van der Waals surface area contributed by atoms with Crippen LogP contribution in [0.3, 0.4) is 0 Å². The van der Waals surface area contributed by atoms with Crippen LogP contribution >= 0.6 is 0 Å². The Bertz CT molecular complexity index is 584. The van der Waals surface area contributed by atoms with E-state index in [2.05, 4.69) is 14.9 Å². The number of rotatable bonds is 3. The maximum Gasteiger partial charge on any atom is 0.128 e. The molecule has 0 bridgehead atoms. The van der Waals surface area contributed by atoms with Crippen molar-refractivity contribution in [1.29, 1.82) is 0 Å². The van der Waals surface area contributed by atoms with Crippen LogP contribution in [0.25, 0.3) is 11.0 Å². The molecule has 18 heavy (non-hydrogen) atoms. The number of fused-ring (bicyclic) bond motifs is 1. The third-order valence-corrected chi connectivity index (χ3v) is 3.74. The van der Waals surface area contributed by atoms with Crippen molar-refractivity contribution in [3.63, 3.8) is 0 Å². The Balaban J connectivity index is 2.06. The predicted octanol–water partition coefficient (Wildman–Crippen LogP) is 2.78. The molecule has 3 rings (SSSR count). The summed E-state index contributed by atoms with van der Waals surface area (Å²) in [6, 6.07) is 1.59. The molecule has 0 spiro atoms. The maximum absolute atomic E-state index is 13.9. The monoisotopic (exact) mass is 247 g/mol. The average Bonchev–Trinajstić information content (AvgIpc) is 2.68. The van der Waals surface area contributed by atoms with Gasteiger partial charge in [-0.2, -0.15) is 0 Å². The molecule has 3 nitrogen and oxygen atoms in total. The van der Waals surface area contributed by atoms with Crippen LogP contribution in [0.1, 0.15) is 30.3 Å². The lowest BCUT2D eigenvalue weighted by Gasteiger charge is -2.29. The number of hydrogen-bond donors (Lipinski definition) is 1. The predicted molar refractivity (Wildman–Crippen MR) is 70.1 cm³/mol. The van der Waals surface area contributed by atoms with Crippen LogP contribution in [-0.2, 0) is 13.0 Å². The third kappa shape index (κ3) is 1.81. The number of H-pyrrole nitrogens is 1. The van der Waals surface area contributed by atoms with E-state index in [9.17, 15) is 4.39 Å². The fourth-order valence-corrected chi connectivity index (χ4v) is 2.56. The fourth-order valence-electron chi connectivity index (χ4n) is 2.56. The topological polar surface area (TPSA) is 31.9 Å². The van der Waals surface area contributed by atoms with Gasteiger partial charge in [0.2, 0.25) is 0 Å². The Morgan fingerprint density at radius 2 is 2.22 bits per heavy atom. The number of imidazole rings is 1. The summed E-state index contributed by atoms with van der Waals surface area (Å²) in [5, 5.41) is 0. The van der Waals surface area contributed by atoms with Crippen molar-refractivity contribution in [3.8, 4) is 0 Å². The van der Waals surface area contributed by atoms with E-state index in [1.54, 1.807) is 6.07 Å². The maximum atomic E-state index is 13.9. The van der Waals surface area contributed by atoms with Crippen molar-refractivity contribution in [3.05, 3.63) is 28.8 Å². The molecular weight excluding hydrogens is 229 g/mol. The summed E-state index contributed by atoms with van der Waals surface area (Å²) in [5.41, 5.74) is 3.46. The largest absolute Gasteiger partial charge is 0.341 e. The highest BCUT2D eigenvalue weighted by atomic mass is 19.1. The van der Waals surface area contributed by atoms with Gasteiger partial charge in [0.15, 0.2) is 0 Å². The zero-order valence-corrected chi connectivity index (χ0v) is 10.9. The number of likely N-dealkylation sites (tertiary alicyclic amines) is 1. The molecule has 0 unspecified atom stereocenters. The molecule has 2 aromatic rings. The van der Waals surface area contributed by atoms with Gasteiger partial charge in [-0.3, -0.25) is 4.90 Å². The van der Waals surface area contributed by atoms with Crippen LogP contribution in [0.2, 0.25) is 0 Å². The Hall–Kier alpha value is -1.42. The molecule has 1 aliphatic heterocycles. The van der Waals surface area contributed by atoms with E-state index in [1.807, 2.05) is 13.8 Å². The van der Waals surface area contributed by atoms with Crippen LogP contribution in [-0.4, -0.2) is 28.0 Å². The first-order chi connectivity index (χ1) is 8.69. The number of benzene rings is 1.